The molecule has 0 aliphatic carbocycles. The Hall–Kier alpha value is -2.16. The van der Waals surface area contributed by atoms with E-state index in [0.717, 1.165) is 16.6 Å². The maximum atomic E-state index is 13.8. The van der Waals surface area contributed by atoms with Crippen molar-refractivity contribution >= 4 is 11.0 Å². The lowest BCUT2D eigenvalue weighted by molar-refractivity contribution is 0.629. The van der Waals surface area contributed by atoms with Gasteiger partial charge in [0.1, 0.15) is 11.6 Å². The largest absolute Gasteiger partial charge is 0.338 e. The minimum Gasteiger partial charge on any atom is -0.338 e. The van der Waals surface area contributed by atoms with Crippen LogP contribution in [0, 0.1) is 12.7 Å². The fourth-order valence-corrected chi connectivity index (χ4v) is 2.00. The number of para-hydroxylation sites is 2. The number of fused-ring (bicyclic) bond motifs is 1. The highest BCUT2D eigenvalue weighted by molar-refractivity contribution is 5.79. The summed E-state index contributed by atoms with van der Waals surface area (Å²) in [5, 5.41) is 0. The average Bonchev–Trinajstić information content (AvgIpc) is 2.71. The van der Waals surface area contributed by atoms with Crippen LogP contribution in [0.3, 0.4) is 0 Å². The Bertz CT molecular complexity index is 632. The van der Waals surface area contributed by atoms with Gasteiger partial charge in [-0.15, -0.1) is 0 Å². The molecule has 0 aliphatic rings. The van der Waals surface area contributed by atoms with Gasteiger partial charge in [0.15, 0.2) is 0 Å². The van der Waals surface area contributed by atoms with Crippen LogP contribution in [-0.4, -0.2) is 9.97 Å². The van der Waals surface area contributed by atoms with E-state index in [9.17, 15) is 4.39 Å². The highest BCUT2D eigenvalue weighted by Gasteiger charge is 2.11. The first-order valence-electron chi connectivity index (χ1n) is 5.46. The quantitative estimate of drug-likeness (QED) is 0.673. The first-order chi connectivity index (χ1) is 8.25. The lowest BCUT2D eigenvalue weighted by atomic mass is 10.1. The van der Waals surface area contributed by atoms with Gasteiger partial charge in [-0.2, -0.15) is 0 Å². The lowest BCUT2D eigenvalue weighted by Gasteiger charge is -2.02. The fourth-order valence-electron chi connectivity index (χ4n) is 2.00. The maximum absolute atomic E-state index is 13.8. The molecule has 0 saturated carbocycles. The number of aromatic amines is 1. The Morgan fingerprint density at radius 1 is 1.06 bits per heavy atom. The van der Waals surface area contributed by atoms with Crippen molar-refractivity contribution in [1.29, 1.82) is 0 Å². The summed E-state index contributed by atoms with van der Waals surface area (Å²) >= 11 is 0. The van der Waals surface area contributed by atoms with Crippen LogP contribution >= 0.6 is 0 Å². The van der Waals surface area contributed by atoms with Crippen LogP contribution in [-0.2, 0) is 0 Å². The number of H-pyrrole nitrogens is 1. The molecule has 1 aromatic heterocycles. The van der Waals surface area contributed by atoms with Crippen LogP contribution in [0.2, 0.25) is 0 Å². The molecule has 0 bridgehead atoms. The SMILES string of the molecule is Cc1cccc(F)c1-c1nc2ccccc2[nH]1. The predicted molar refractivity (Wildman–Crippen MR) is 66.2 cm³/mol. The standard InChI is InChI=1S/C14H11FN2/c1-9-5-4-6-10(15)13(9)14-16-11-7-2-3-8-12(11)17-14/h2-8H,1H3,(H,16,17). The van der Waals surface area contributed by atoms with E-state index in [4.69, 9.17) is 0 Å². The van der Waals surface area contributed by atoms with Crippen molar-refractivity contribution < 1.29 is 4.39 Å². The molecule has 3 rings (SSSR count). The Labute approximate surface area is 98.1 Å². The number of hydrogen-bond donors (Lipinski definition) is 1. The number of rotatable bonds is 1. The fraction of sp³-hybridized carbons (Fsp3) is 0.0714. The van der Waals surface area contributed by atoms with E-state index in [1.165, 1.54) is 6.07 Å². The van der Waals surface area contributed by atoms with Crippen LogP contribution in [0.4, 0.5) is 4.39 Å². The zero-order valence-corrected chi connectivity index (χ0v) is 9.37. The van der Waals surface area contributed by atoms with E-state index in [-0.39, 0.29) is 5.82 Å². The number of aromatic nitrogens is 2. The smallest absolute Gasteiger partial charge is 0.141 e. The summed E-state index contributed by atoms with van der Waals surface area (Å²) in [6, 6.07) is 12.7. The van der Waals surface area contributed by atoms with E-state index in [1.807, 2.05) is 37.3 Å². The number of nitrogens with one attached hydrogen (secondary N) is 1. The van der Waals surface area contributed by atoms with Crippen molar-refractivity contribution in [3.05, 3.63) is 53.8 Å². The Morgan fingerprint density at radius 3 is 2.65 bits per heavy atom. The topological polar surface area (TPSA) is 28.7 Å². The molecule has 0 atom stereocenters. The van der Waals surface area contributed by atoms with E-state index in [1.54, 1.807) is 6.07 Å². The number of aryl methyl sites for hydroxylation is 1. The first-order valence-corrected chi connectivity index (χ1v) is 5.46. The molecular formula is C14H11FN2. The summed E-state index contributed by atoms with van der Waals surface area (Å²) in [5.74, 6) is 0.339. The third-order valence-corrected chi connectivity index (χ3v) is 2.85. The molecule has 0 fully saturated rings. The molecule has 0 saturated heterocycles. The zero-order chi connectivity index (χ0) is 11.8. The van der Waals surface area contributed by atoms with Gasteiger partial charge in [-0.3, -0.25) is 0 Å². The summed E-state index contributed by atoms with van der Waals surface area (Å²) in [6.45, 7) is 1.88. The second-order valence-corrected chi connectivity index (χ2v) is 4.03. The summed E-state index contributed by atoms with van der Waals surface area (Å²) < 4.78 is 13.8. The molecule has 17 heavy (non-hydrogen) atoms. The van der Waals surface area contributed by atoms with E-state index in [2.05, 4.69) is 9.97 Å². The number of imidazole rings is 1. The molecule has 3 heteroatoms. The number of nitrogens with zero attached hydrogens (tertiary/aromatic N) is 1. The van der Waals surface area contributed by atoms with Crippen LogP contribution < -0.4 is 0 Å². The van der Waals surface area contributed by atoms with Gasteiger partial charge in [-0.05, 0) is 30.7 Å². The van der Waals surface area contributed by atoms with Crippen molar-refractivity contribution in [1.82, 2.24) is 9.97 Å². The van der Waals surface area contributed by atoms with Crippen molar-refractivity contribution in [3.63, 3.8) is 0 Å². The van der Waals surface area contributed by atoms with Crippen LogP contribution in [0.5, 0.6) is 0 Å². The molecule has 0 radical (unpaired) electrons. The molecule has 84 valence electrons. The van der Waals surface area contributed by atoms with Gasteiger partial charge < -0.3 is 4.98 Å². The van der Waals surface area contributed by atoms with Crippen LogP contribution in [0.1, 0.15) is 5.56 Å². The van der Waals surface area contributed by atoms with Gasteiger partial charge in [-0.25, -0.2) is 9.37 Å². The van der Waals surface area contributed by atoms with E-state index in [0.29, 0.717) is 11.4 Å². The lowest BCUT2D eigenvalue weighted by Crippen LogP contribution is -1.90. The molecule has 3 aromatic rings. The number of benzene rings is 2. The van der Waals surface area contributed by atoms with Crippen molar-refractivity contribution in [2.45, 2.75) is 6.92 Å². The Kier molecular flexibility index (Phi) is 2.18. The Morgan fingerprint density at radius 2 is 1.88 bits per heavy atom. The molecular weight excluding hydrogens is 215 g/mol. The zero-order valence-electron chi connectivity index (χ0n) is 9.37. The monoisotopic (exact) mass is 226 g/mol. The van der Waals surface area contributed by atoms with Crippen molar-refractivity contribution in [2.24, 2.45) is 0 Å². The van der Waals surface area contributed by atoms with Crippen molar-refractivity contribution in [3.8, 4) is 11.4 Å². The van der Waals surface area contributed by atoms with Crippen molar-refractivity contribution in [2.75, 3.05) is 0 Å². The second-order valence-electron chi connectivity index (χ2n) is 4.03. The maximum Gasteiger partial charge on any atom is 0.141 e. The van der Waals surface area contributed by atoms with Gasteiger partial charge in [0.2, 0.25) is 0 Å². The second kappa shape index (κ2) is 3.70. The highest BCUT2D eigenvalue weighted by atomic mass is 19.1. The summed E-state index contributed by atoms with van der Waals surface area (Å²) in [4.78, 5) is 7.55. The Balaban J connectivity index is 2.27. The summed E-state index contributed by atoms with van der Waals surface area (Å²) in [5.41, 5.74) is 3.20. The van der Waals surface area contributed by atoms with Gasteiger partial charge in [0.25, 0.3) is 0 Å². The average molecular weight is 226 g/mol. The molecule has 0 unspecified atom stereocenters. The predicted octanol–water partition coefficient (Wildman–Crippen LogP) is 3.68. The molecule has 2 aromatic carbocycles. The van der Waals surface area contributed by atoms with Crippen LogP contribution in [0.15, 0.2) is 42.5 Å². The van der Waals surface area contributed by atoms with Gasteiger partial charge >= 0.3 is 0 Å². The third-order valence-electron chi connectivity index (χ3n) is 2.85. The minimum absolute atomic E-state index is 0.246. The highest BCUT2D eigenvalue weighted by Crippen LogP contribution is 2.25. The van der Waals surface area contributed by atoms with Crippen LogP contribution in [0.25, 0.3) is 22.4 Å². The van der Waals surface area contributed by atoms with Gasteiger partial charge in [0, 0.05) is 0 Å². The summed E-state index contributed by atoms with van der Waals surface area (Å²) in [7, 11) is 0. The minimum atomic E-state index is -0.246. The third kappa shape index (κ3) is 1.60. The number of halogens is 1. The molecule has 2 nitrogen and oxygen atoms in total. The molecule has 0 aliphatic heterocycles. The van der Waals surface area contributed by atoms with E-state index < -0.39 is 0 Å². The molecule has 1 heterocycles. The first kappa shape index (κ1) is 10.0. The molecule has 0 amide bonds. The molecule has 0 spiro atoms. The normalized spacial score (nSPS) is 10.9. The summed E-state index contributed by atoms with van der Waals surface area (Å²) in [6.07, 6.45) is 0. The van der Waals surface area contributed by atoms with Gasteiger partial charge in [0.05, 0.1) is 16.6 Å². The molecule has 1 N–H and O–H groups in total. The number of hydrogen-bond acceptors (Lipinski definition) is 1. The van der Waals surface area contributed by atoms with E-state index >= 15 is 0 Å². The van der Waals surface area contributed by atoms with Gasteiger partial charge in [-0.1, -0.05) is 24.3 Å².